The van der Waals surface area contributed by atoms with E-state index in [9.17, 15) is 0 Å². The van der Waals surface area contributed by atoms with Gasteiger partial charge in [-0.15, -0.1) is 0 Å². The molecule has 0 unspecified atom stereocenters. The van der Waals surface area contributed by atoms with Gasteiger partial charge >= 0.3 is 0 Å². The molecule has 0 saturated carbocycles. The molecule has 2 heterocycles. The van der Waals surface area contributed by atoms with Crippen molar-refractivity contribution in [1.29, 1.82) is 0 Å². The Morgan fingerprint density at radius 3 is 2.85 bits per heavy atom. The molecular weight excluding hydrogens is 166 g/mol. The van der Waals surface area contributed by atoms with Crippen LogP contribution in [0, 0.1) is 0 Å². The van der Waals surface area contributed by atoms with E-state index in [1.54, 1.807) is 0 Å². The van der Waals surface area contributed by atoms with E-state index in [1.807, 2.05) is 18.5 Å². The van der Waals surface area contributed by atoms with Crippen molar-refractivity contribution in [2.45, 2.75) is 40.3 Å². The summed E-state index contributed by atoms with van der Waals surface area (Å²) in [5, 5.41) is 4.29. The lowest BCUT2D eigenvalue weighted by atomic mass is 10.5. The fraction of sp³-hybridized carbons (Fsp3) is 0.778. The van der Waals surface area contributed by atoms with Crippen LogP contribution in [0.3, 0.4) is 0 Å². The predicted octanol–water partition coefficient (Wildman–Crippen LogP) is 1.40. The van der Waals surface area contributed by atoms with Crippen molar-refractivity contribution >= 4 is 0 Å². The maximum absolute atomic E-state index is 5.23. The van der Waals surface area contributed by atoms with E-state index < -0.39 is 0 Å². The highest BCUT2D eigenvalue weighted by molar-refractivity contribution is 4.92. The first kappa shape index (κ1) is 10.2. The average Bonchev–Trinajstić information content (AvgIpc) is 2.63. The topological polar surface area (TPSA) is 39.9 Å². The lowest BCUT2D eigenvalue weighted by Crippen LogP contribution is -2.17. The van der Waals surface area contributed by atoms with Crippen LogP contribution in [0.4, 0.5) is 0 Å². The molecule has 0 spiro atoms. The molecule has 0 amide bonds. The SMILES string of the molecule is CC.CCc1nc2n(n1)CCOC2. The molecule has 0 aliphatic carbocycles. The van der Waals surface area contributed by atoms with Gasteiger partial charge in [-0.3, -0.25) is 0 Å². The molecule has 4 heteroatoms. The van der Waals surface area contributed by atoms with Crippen molar-refractivity contribution < 1.29 is 4.74 Å². The lowest BCUT2D eigenvalue weighted by Gasteiger charge is -2.11. The summed E-state index contributed by atoms with van der Waals surface area (Å²) in [6.45, 7) is 8.29. The smallest absolute Gasteiger partial charge is 0.153 e. The summed E-state index contributed by atoms with van der Waals surface area (Å²) >= 11 is 0. The molecule has 0 N–H and O–H groups in total. The molecular formula is C9H17N3O. The van der Waals surface area contributed by atoms with E-state index in [0.29, 0.717) is 6.61 Å². The van der Waals surface area contributed by atoms with Gasteiger partial charge in [0.15, 0.2) is 11.6 Å². The van der Waals surface area contributed by atoms with Crippen LogP contribution in [0.15, 0.2) is 0 Å². The molecule has 4 nitrogen and oxygen atoms in total. The molecule has 1 aromatic rings. The van der Waals surface area contributed by atoms with Crippen LogP contribution in [-0.2, 0) is 24.3 Å². The summed E-state index contributed by atoms with van der Waals surface area (Å²) in [5.41, 5.74) is 0. The highest BCUT2D eigenvalue weighted by atomic mass is 16.5. The van der Waals surface area contributed by atoms with E-state index >= 15 is 0 Å². The van der Waals surface area contributed by atoms with Crippen LogP contribution in [0.25, 0.3) is 0 Å². The number of aromatic nitrogens is 3. The second-order valence-electron chi connectivity index (χ2n) is 2.57. The largest absolute Gasteiger partial charge is 0.372 e. The Bertz CT molecular complexity index is 234. The highest BCUT2D eigenvalue weighted by Gasteiger charge is 2.12. The lowest BCUT2D eigenvalue weighted by molar-refractivity contribution is 0.0769. The minimum atomic E-state index is 0.618. The molecule has 0 fully saturated rings. The van der Waals surface area contributed by atoms with E-state index in [-0.39, 0.29) is 0 Å². The first-order valence-corrected chi connectivity index (χ1v) is 4.90. The average molecular weight is 183 g/mol. The summed E-state index contributed by atoms with van der Waals surface area (Å²) in [7, 11) is 0. The van der Waals surface area contributed by atoms with Crippen LogP contribution in [0.2, 0.25) is 0 Å². The third kappa shape index (κ3) is 2.28. The molecule has 1 aromatic heterocycles. The Hall–Kier alpha value is -0.900. The van der Waals surface area contributed by atoms with Crippen LogP contribution in [0.5, 0.6) is 0 Å². The van der Waals surface area contributed by atoms with Gasteiger partial charge < -0.3 is 4.74 Å². The summed E-state index contributed by atoms with van der Waals surface area (Å²) in [6.07, 6.45) is 0.903. The molecule has 0 bridgehead atoms. The number of nitrogens with zero attached hydrogens (tertiary/aromatic N) is 3. The fourth-order valence-corrected chi connectivity index (χ4v) is 1.18. The number of hydrogen-bond acceptors (Lipinski definition) is 3. The first-order valence-electron chi connectivity index (χ1n) is 4.90. The monoisotopic (exact) mass is 183 g/mol. The zero-order valence-electron chi connectivity index (χ0n) is 8.58. The third-order valence-corrected chi connectivity index (χ3v) is 1.79. The van der Waals surface area contributed by atoms with Crippen molar-refractivity contribution in [2.24, 2.45) is 0 Å². The van der Waals surface area contributed by atoms with Gasteiger partial charge in [-0.05, 0) is 0 Å². The Labute approximate surface area is 78.9 Å². The maximum Gasteiger partial charge on any atom is 0.153 e. The van der Waals surface area contributed by atoms with E-state index in [0.717, 1.165) is 31.2 Å². The van der Waals surface area contributed by atoms with Crippen LogP contribution in [-0.4, -0.2) is 21.4 Å². The normalized spacial score (nSPS) is 14.4. The van der Waals surface area contributed by atoms with E-state index in [2.05, 4.69) is 17.0 Å². The van der Waals surface area contributed by atoms with Gasteiger partial charge in [-0.1, -0.05) is 20.8 Å². The molecule has 0 radical (unpaired) electrons. The summed E-state index contributed by atoms with van der Waals surface area (Å²) in [4.78, 5) is 4.30. The number of rotatable bonds is 1. The molecule has 0 saturated heterocycles. The van der Waals surface area contributed by atoms with E-state index in [4.69, 9.17) is 4.74 Å². The molecule has 74 valence electrons. The minimum absolute atomic E-state index is 0.618. The minimum Gasteiger partial charge on any atom is -0.372 e. The molecule has 13 heavy (non-hydrogen) atoms. The van der Waals surface area contributed by atoms with E-state index in [1.165, 1.54) is 0 Å². The standard InChI is InChI=1S/C7H11N3O.C2H6/c1-2-6-8-7-5-11-4-3-10(7)9-6;1-2/h2-5H2,1H3;1-2H3. The Kier molecular flexibility index (Phi) is 3.89. The van der Waals surface area contributed by atoms with Gasteiger partial charge in [0, 0.05) is 6.42 Å². The van der Waals surface area contributed by atoms with Crippen molar-refractivity contribution in [1.82, 2.24) is 14.8 Å². The molecule has 1 aliphatic rings. The summed E-state index contributed by atoms with van der Waals surface area (Å²) < 4.78 is 7.16. The highest BCUT2D eigenvalue weighted by Crippen LogP contribution is 2.06. The molecule has 2 rings (SSSR count). The quantitative estimate of drug-likeness (QED) is 0.660. The third-order valence-electron chi connectivity index (χ3n) is 1.79. The maximum atomic E-state index is 5.23. The molecule has 0 aromatic carbocycles. The van der Waals surface area contributed by atoms with Gasteiger partial charge in [0.1, 0.15) is 6.61 Å². The zero-order valence-corrected chi connectivity index (χ0v) is 8.58. The number of aryl methyl sites for hydroxylation is 1. The van der Waals surface area contributed by atoms with Crippen molar-refractivity contribution in [3.05, 3.63) is 11.6 Å². The van der Waals surface area contributed by atoms with Gasteiger partial charge in [0.05, 0.1) is 13.2 Å². The summed E-state index contributed by atoms with van der Waals surface area (Å²) in [5.74, 6) is 1.89. The Balaban J connectivity index is 0.000000396. The van der Waals surface area contributed by atoms with Gasteiger partial charge in [-0.25, -0.2) is 9.67 Å². The number of fused-ring (bicyclic) bond motifs is 1. The predicted molar refractivity (Wildman–Crippen MR) is 50.4 cm³/mol. The summed E-state index contributed by atoms with van der Waals surface area (Å²) in [6, 6.07) is 0. The second-order valence-corrected chi connectivity index (χ2v) is 2.57. The van der Waals surface area contributed by atoms with Crippen LogP contribution in [0.1, 0.15) is 32.4 Å². The van der Waals surface area contributed by atoms with Gasteiger partial charge in [0.2, 0.25) is 0 Å². The Morgan fingerprint density at radius 2 is 2.23 bits per heavy atom. The first-order chi connectivity index (χ1) is 6.40. The molecule has 0 atom stereocenters. The fourth-order valence-electron chi connectivity index (χ4n) is 1.18. The van der Waals surface area contributed by atoms with Crippen molar-refractivity contribution in [3.63, 3.8) is 0 Å². The number of hydrogen-bond donors (Lipinski definition) is 0. The van der Waals surface area contributed by atoms with Crippen molar-refractivity contribution in [3.8, 4) is 0 Å². The molecule has 1 aliphatic heterocycles. The van der Waals surface area contributed by atoms with Crippen molar-refractivity contribution in [2.75, 3.05) is 6.61 Å². The zero-order chi connectivity index (χ0) is 9.68. The van der Waals surface area contributed by atoms with Gasteiger partial charge in [0.25, 0.3) is 0 Å². The van der Waals surface area contributed by atoms with Crippen LogP contribution >= 0.6 is 0 Å². The second kappa shape index (κ2) is 4.97. The number of ether oxygens (including phenoxy) is 1. The van der Waals surface area contributed by atoms with Gasteiger partial charge in [-0.2, -0.15) is 5.10 Å². The Morgan fingerprint density at radius 1 is 1.46 bits per heavy atom. The van der Waals surface area contributed by atoms with Crippen LogP contribution < -0.4 is 0 Å².